The largest absolute Gasteiger partial charge is 0.497 e. The number of methoxy groups -OCH3 is 3. The van der Waals surface area contributed by atoms with Crippen molar-refractivity contribution in [2.24, 2.45) is 0 Å². The number of aromatic nitrogens is 1. The molecule has 2 amide bonds. The van der Waals surface area contributed by atoms with E-state index in [1.165, 1.54) is 0 Å². The van der Waals surface area contributed by atoms with Crippen molar-refractivity contribution in [2.45, 2.75) is 24.9 Å². The van der Waals surface area contributed by atoms with E-state index in [0.29, 0.717) is 24.6 Å². The van der Waals surface area contributed by atoms with Crippen LogP contribution in [0.25, 0.3) is 10.9 Å². The number of ether oxygens (including phenoxy) is 3. The van der Waals surface area contributed by atoms with E-state index in [-0.39, 0.29) is 24.3 Å². The number of aromatic amines is 1. The lowest BCUT2D eigenvalue weighted by Gasteiger charge is -2.51. The van der Waals surface area contributed by atoms with Crippen LogP contribution in [0.1, 0.15) is 35.2 Å². The molecular formula is C31H31N3O5. The predicted octanol–water partition coefficient (Wildman–Crippen LogP) is 4.43. The molecule has 200 valence electrons. The van der Waals surface area contributed by atoms with Crippen LogP contribution in [0.4, 0.5) is 0 Å². The van der Waals surface area contributed by atoms with Gasteiger partial charge < -0.3 is 29.0 Å². The first-order valence-corrected chi connectivity index (χ1v) is 13.0. The number of hydrogen-bond donors (Lipinski definition) is 1. The van der Waals surface area contributed by atoms with Gasteiger partial charge in [0.1, 0.15) is 12.3 Å². The van der Waals surface area contributed by atoms with Crippen LogP contribution >= 0.6 is 0 Å². The Bertz CT molecular complexity index is 1580. The average molecular weight is 526 g/mol. The molecule has 1 fully saturated rings. The summed E-state index contributed by atoms with van der Waals surface area (Å²) in [5.74, 6) is 1.56. The SMILES string of the molecule is COc1ccc(CN2CC(=O)N3C[C@H](c4cccc(OC)c4OC)c4c([nH]c5ccccc45)[C@@]3(C)C2=O)cc1. The van der Waals surface area contributed by atoms with Crippen molar-refractivity contribution in [3.05, 3.63) is 89.1 Å². The van der Waals surface area contributed by atoms with Crippen molar-refractivity contribution in [3.63, 3.8) is 0 Å². The Morgan fingerprint density at radius 3 is 2.41 bits per heavy atom. The van der Waals surface area contributed by atoms with E-state index in [0.717, 1.165) is 39.0 Å². The fraction of sp³-hybridized carbons (Fsp3) is 0.290. The number of nitrogens with zero attached hydrogens (tertiary/aromatic N) is 2. The van der Waals surface area contributed by atoms with Gasteiger partial charge in [-0.1, -0.05) is 42.5 Å². The lowest BCUT2D eigenvalue weighted by Crippen LogP contribution is -2.67. The zero-order valence-corrected chi connectivity index (χ0v) is 22.5. The Kier molecular flexibility index (Phi) is 5.98. The summed E-state index contributed by atoms with van der Waals surface area (Å²) in [6.45, 7) is 2.55. The van der Waals surface area contributed by atoms with Gasteiger partial charge in [-0.05, 0) is 42.3 Å². The van der Waals surface area contributed by atoms with Gasteiger partial charge in [0.15, 0.2) is 17.0 Å². The van der Waals surface area contributed by atoms with Crippen molar-refractivity contribution in [3.8, 4) is 17.2 Å². The smallest absolute Gasteiger partial charge is 0.255 e. The van der Waals surface area contributed by atoms with Crippen LogP contribution in [0, 0.1) is 0 Å². The minimum atomic E-state index is -1.18. The zero-order chi connectivity index (χ0) is 27.3. The fourth-order valence-corrected chi connectivity index (χ4v) is 6.22. The molecule has 0 radical (unpaired) electrons. The summed E-state index contributed by atoms with van der Waals surface area (Å²) < 4.78 is 16.7. The Morgan fingerprint density at radius 2 is 1.69 bits per heavy atom. The van der Waals surface area contributed by atoms with E-state index in [2.05, 4.69) is 11.1 Å². The van der Waals surface area contributed by atoms with Gasteiger partial charge in [-0.2, -0.15) is 0 Å². The topological polar surface area (TPSA) is 84.1 Å². The summed E-state index contributed by atoms with van der Waals surface area (Å²) in [5.41, 5.74) is 3.32. The minimum absolute atomic E-state index is 0.0119. The Hall–Kier alpha value is -4.46. The van der Waals surface area contributed by atoms with Gasteiger partial charge in [0, 0.05) is 35.5 Å². The summed E-state index contributed by atoms with van der Waals surface area (Å²) in [5, 5.41) is 1.02. The molecule has 1 saturated heterocycles. The first-order valence-electron chi connectivity index (χ1n) is 13.0. The van der Waals surface area contributed by atoms with Crippen LogP contribution in [0.15, 0.2) is 66.7 Å². The van der Waals surface area contributed by atoms with E-state index in [1.807, 2.05) is 67.6 Å². The highest BCUT2D eigenvalue weighted by molar-refractivity contribution is 6.01. The van der Waals surface area contributed by atoms with E-state index in [1.54, 1.807) is 31.1 Å². The van der Waals surface area contributed by atoms with Crippen LogP contribution in [-0.4, -0.2) is 61.0 Å². The van der Waals surface area contributed by atoms with E-state index < -0.39 is 5.54 Å². The number of fused-ring (bicyclic) bond motifs is 5. The molecule has 3 heterocycles. The number of nitrogens with one attached hydrogen (secondary N) is 1. The van der Waals surface area contributed by atoms with Gasteiger partial charge in [-0.15, -0.1) is 0 Å². The highest BCUT2D eigenvalue weighted by atomic mass is 16.5. The standard InChI is InChI=1S/C31H31N3O5/c1-31-29-27(22-8-5-6-10-24(22)32-29)23(21-9-7-11-25(38-3)28(21)39-4)17-34(31)26(35)18-33(30(31)36)16-19-12-14-20(37-2)15-13-19/h5-15,23,32H,16-18H2,1-4H3/t23-,31+/m1/s1. The van der Waals surface area contributed by atoms with E-state index >= 15 is 0 Å². The van der Waals surface area contributed by atoms with E-state index in [9.17, 15) is 9.59 Å². The summed E-state index contributed by atoms with van der Waals surface area (Å²) in [4.78, 5) is 35.0. The third kappa shape index (κ3) is 3.73. The van der Waals surface area contributed by atoms with Crippen LogP contribution in [-0.2, 0) is 21.7 Å². The summed E-state index contributed by atoms with van der Waals surface area (Å²) in [7, 11) is 4.85. The molecule has 1 N–H and O–H groups in total. The number of amides is 2. The molecule has 8 heteroatoms. The normalized spacial score (nSPS) is 20.6. The fourth-order valence-electron chi connectivity index (χ4n) is 6.22. The van der Waals surface area contributed by atoms with Gasteiger partial charge in [-0.25, -0.2) is 0 Å². The molecule has 6 rings (SSSR count). The molecule has 0 bridgehead atoms. The number of carbonyl (C=O) groups excluding carboxylic acids is 2. The molecule has 0 aliphatic carbocycles. The lowest BCUT2D eigenvalue weighted by atomic mass is 9.76. The molecule has 2 aliphatic rings. The number of benzene rings is 3. The molecule has 8 nitrogen and oxygen atoms in total. The number of piperazine rings is 1. The predicted molar refractivity (Wildman–Crippen MR) is 147 cm³/mol. The second kappa shape index (κ2) is 9.38. The summed E-state index contributed by atoms with van der Waals surface area (Å²) in [6, 6.07) is 21.4. The maximum atomic E-state index is 14.3. The molecule has 4 aromatic rings. The van der Waals surface area contributed by atoms with Gasteiger partial charge in [0.2, 0.25) is 5.91 Å². The average Bonchev–Trinajstić information content (AvgIpc) is 3.36. The number of para-hydroxylation sites is 2. The molecular weight excluding hydrogens is 494 g/mol. The Balaban J connectivity index is 1.50. The van der Waals surface area contributed by atoms with Crippen molar-refractivity contribution in [2.75, 3.05) is 34.4 Å². The van der Waals surface area contributed by atoms with Crippen LogP contribution < -0.4 is 14.2 Å². The van der Waals surface area contributed by atoms with E-state index in [4.69, 9.17) is 14.2 Å². The van der Waals surface area contributed by atoms with Crippen LogP contribution in [0.2, 0.25) is 0 Å². The van der Waals surface area contributed by atoms with Crippen molar-refractivity contribution >= 4 is 22.7 Å². The molecule has 2 atom stereocenters. The molecule has 0 spiro atoms. The molecule has 3 aromatic carbocycles. The molecule has 0 unspecified atom stereocenters. The van der Waals surface area contributed by atoms with Gasteiger partial charge in [0.05, 0.1) is 27.0 Å². The van der Waals surface area contributed by atoms with Crippen LogP contribution in [0.3, 0.4) is 0 Å². The first-order chi connectivity index (χ1) is 18.9. The first kappa shape index (κ1) is 24.9. The quantitative estimate of drug-likeness (QED) is 0.403. The van der Waals surface area contributed by atoms with Gasteiger partial charge in [0.25, 0.3) is 5.91 Å². The molecule has 0 saturated carbocycles. The maximum Gasteiger partial charge on any atom is 0.255 e. The number of rotatable bonds is 6. The Morgan fingerprint density at radius 1 is 0.923 bits per heavy atom. The van der Waals surface area contributed by atoms with Crippen LogP contribution in [0.5, 0.6) is 17.2 Å². The Labute approximate surface area is 227 Å². The lowest BCUT2D eigenvalue weighted by molar-refractivity contribution is -0.166. The monoisotopic (exact) mass is 525 g/mol. The summed E-state index contributed by atoms with van der Waals surface area (Å²) in [6.07, 6.45) is 0. The third-order valence-corrected chi connectivity index (χ3v) is 8.16. The van der Waals surface area contributed by atoms with Gasteiger partial charge >= 0.3 is 0 Å². The number of carbonyl (C=O) groups is 2. The molecule has 1 aromatic heterocycles. The second-order valence-electron chi connectivity index (χ2n) is 10.2. The number of hydrogen-bond acceptors (Lipinski definition) is 5. The highest BCUT2D eigenvalue weighted by Gasteiger charge is 2.56. The zero-order valence-electron chi connectivity index (χ0n) is 22.5. The minimum Gasteiger partial charge on any atom is -0.497 e. The number of H-pyrrole nitrogens is 1. The van der Waals surface area contributed by atoms with Crippen molar-refractivity contribution < 1.29 is 23.8 Å². The second-order valence-corrected chi connectivity index (χ2v) is 10.2. The van der Waals surface area contributed by atoms with Gasteiger partial charge in [-0.3, -0.25) is 9.59 Å². The van der Waals surface area contributed by atoms with Crippen molar-refractivity contribution in [1.82, 2.24) is 14.8 Å². The highest BCUT2D eigenvalue weighted by Crippen LogP contribution is 2.50. The molecule has 2 aliphatic heterocycles. The third-order valence-electron chi connectivity index (χ3n) is 8.16. The summed E-state index contributed by atoms with van der Waals surface area (Å²) >= 11 is 0. The molecule has 39 heavy (non-hydrogen) atoms. The van der Waals surface area contributed by atoms with Crippen molar-refractivity contribution in [1.29, 1.82) is 0 Å². The maximum absolute atomic E-state index is 14.3.